The summed E-state index contributed by atoms with van der Waals surface area (Å²) in [5.41, 5.74) is 1.53. The highest BCUT2D eigenvalue weighted by molar-refractivity contribution is 7.99. The third-order valence-corrected chi connectivity index (χ3v) is 6.05. The Morgan fingerprint density at radius 1 is 0.926 bits per heavy atom. The van der Waals surface area contributed by atoms with Gasteiger partial charge in [-0.15, -0.1) is 0 Å². The Bertz CT molecular complexity index is 1150. The molecule has 134 valence electrons. The van der Waals surface area contributed by atoms with Gasteiger partial charge >= 0.3 is 4.87 Å². The zero-order valence-electron chi connectivity index (χ0n) is 14.3. The van der Waals surface area contributed by atoms with E-state index in [9.17, 15) is 9.59 Å². The number of fused-ring (bicyclic) bond motifs is 1. The molecule has 1 amide bonds. The maximum atomic E-state index is 12.6. The maximum absolute atomic E-state index is 12.6. The van der Waals surface area contributed by atoms with Crippen molar-refractivity contribution < 1.29 is 4.79 Å². The van der Waals surface area contributed by atoms with Crippen LogP contribution in [0.4, 0.5) is 5.69 Å². The summed E-state index contributed by atoms with van der Waals surface area (Å²) in [6.45, 7) is -0.00676. The SMILES string of the molecule is O=C(Cn1c(=O)sc2ccccc21)Nc1ccccc1Sc1ccccc1. The minimum absolute atomic E-state index is 0.00676. The minimum Gasteiger partial charge on any atom is -0.323 e. The average molecular weight is 393 g/mol. The van der Waals surface area contributed by atoms with Gasteiger partial charge in [0.15, 0.2) is 0 Å². The van der Waals surface area contributed by atoms with Crippen molar-refractivity contribution in [1.82, 2.24) is 4.57 Å². The molecular formula is C21H16N2O2S2. The second-order valence-corrected chi connectivity index (χ2v) is 7.99. The summed E-state index contributed by atoms with van der Waals surface area (Å²) in [7, 11) is 0. The van der Waals surface area contributed by atoms with Crippen LogP contribution in [0.2, 0.25) is 0 Å². The second kappa shape index (κ2) is 7.82. The summed E-state index contributed by atoms with van der Waals surface area (Å²) in [6, 6.07) is 25.2. The summed E-state index contributed by atoms with van der Waals surface area (Å²) in [6.07, 6.45) is 0. The molecule has 0 unspecified atom stereocenters. The zero-order valence-corrected chi connectivity index (χ0v) is 15.9. The van der Waals surface area contributed by atoms with Crippen molar-refractivity contribution >= 4 is 44.9 Å². The lowest BCUT2D eigenvalue weighted by molar-refractivity contribution is -0.116. The van der Waals surface area contributed by atoms with Crippen LogP contribution in [0.5, 0.6) is 0 Å². The molecule has 4 nitrogen and oxygen atoms in total. The van der Waals surface area contributed by atoms with Gasteiger partial charge in [-0.1, -0.05) is 65.6 Å². The smallest absolute Gasteiger partial charge is 0.308 e. The highest BCUT2D eigenvalue weighted by atomic mass is 32.2. The van der Waals surface area contributed by atoms with Crippen LogP contribution in [0.1, 0.15) is 0 Å². The Morgan fingerprint density at radius 2 is 1.63 bits per heavy atom. The van der Waals surface area contributed by atoms with Crippen molar-refractivity contribution in [3.8, 4) is 0 Å². The average Bonchev–Trinajstić information content (AvgIpc) is 2.99. The van der Waals surface area contributed by atoms with E-state index in [1.54, 1.807) is 11.8 Å². The summed E-state index contributed by atoms with van der Waals surface area (Å²) in [5, 5.41) is 2.95. The molecule has 0 saturated carbocycles. The molecule has 0 saturated heterocycles. The fraction of sp³-hybridized carbons (Fsp3) is 0.0476. The predicted molar refractivity (Wildman–Crippen MR) is 112 cm³/mol. The van der Waals surface area contributed by atoms with Gasteiger partial charge < -0.3 is 5.32 Å². The number of para-hydroxylation sites is 2. The number of aromatic nitrogens is 1. The molecule has 0 spiro atoms. The number of nitrogens with one attached hydrogen (secondary N) is 1. The monoisotopic (exact) mass is 392 g/mol. The number of hydrogen-bond acceptors (Lipinski definition) is 4. The lowest BCUT2D eigenvalue weighted by Crippen LogP contribution is -2.24. The van der Waals surface area contributed by atoms with E-state index in [-0.39, 0.29) is 17.3 Å². The Morgan fingerprint density at radius 3 is 2.48 bits per heavy atom. The third-order valence-electron chi connectivity index (χ3n) is 4.01. The first kappa shape index (κ1) is 17.6. The largest absolute Gasteiger partial charge is 0.323 e. The summed E-state index contributed by atoms with van der Waals surface area (Å²) >= 11 is 2.74. The molecule has 1 aromatic heterocycles. The topological polar surface area (TPSA) is 51.1 Å². The van der Waals surface area contributed by atoms with Crippen LogP contribution in [0.25, 0.3) is 10.2 Å². The molecule has 0 atom stereocenters. The van der Waals surface area contributed by atoms with Crippen LogP contribution in [0.15, 0.2) is 93.4 Å². The molecule has 6 heteroatoms. The van der Waals surface area contributed by atoms with Crippen molar-refractivity contribution in [3.63, 3.8) is 0 Å². The molecule has 0 aliphatic rings. The van der Waals surface area contributed by atoms with Crippen molar-refractivity contribution in [2.75, 3.05) is 5.32 Å². The number of thiazole rings is 1. The van der Waals surface area contributed by atoms with Gasteiger partial charge in [0.05, 0.1) is 15.9 Å². The lowest BCUT2D eigenvalue weighted by Gasteiger charge is -2.11. The van der Waals surface area contributed by atoms with E-state index in [1.807, 2.05) is 78.9 Å². The summed E-state index contributed by atoms with van der Waals surface area (Å²) < 4.78 is 2.40. The summed E-state index contributed by atoms with van der Waals surface area (Å²) in [5.74, 6) is -0.221. The lowest BCUT2D eigenvalue weighted by atomic mass is 10.3. The Balaban J connectivity index is 1.55. The van der Waals surface area contributed by atoms with Crippen LogP contribution >= 0.6 is 23.1 Å². The van der Waals surface area contributed by atoms with Gasteiger partial charge in [-0.05, 0) is 36.4 Å². The fourth-order valence-electron chi connectivity index (χ4n) is 2.77. The number of carbonyl (C=O) groups is 1. The number of rotatable bonds is 5. The Labute approximate surface area is 164 Å². The Kier molecular flexibility index (Phi) is 5.09. The van der Waals surface area contributed by atoms with E-state index < -0.39 is 0 Å². The van der Waals surface area contributed by atoms with Crippen LogP contribution in [-0.4, -0.2) is 10.5 Å². The molecule has 3 aromatic carbocycles. The van der Waals surface area contributed by atoms with Crippen molar-refractivity contribution in [3.05, 3.63) is 88.5 Å². The van der Waals surface area contributed by atoms with Gasteiger partial charge in [0, 0.05) is 9.79 Å². The number of nitrogens with zero attached hydrogens (tertiary/aromatic N) is 1. The molecular weight excluding hydrogens is 376 g/mol. The third kappa shape index (κ3) is 3.97. The van der Waals surface area contributed by atoms with Crippen molar-refractivity contribution in [2.45, 2.75) is 16.3 Å². The first-order valence-electron chi connectivity index (χ1n) is 8.41. The predicted octanol–water partition coefficient (Wildman–Crippen LogP) is 4.85. The molecule has 27 heavy (non-hydrogen) atoms. The molecule has 0 fully saturated rings. The Hall–Kier alpha value is -2.83. The van der Waals surface area contributed by atoms with E-state index in [1.165, 1.54) is 4.57 Å². The van der Waals surface area contributed by atoms with Gasteiger partial charge in [-0.2, -0.15) is 0 Å². The highest BCUT2D eigenvalue weighted by Crippen LogP contribution is 2.33. The van der Waals surface area contributed by atoms with Gasteiger partial charge in [0.2, 0.25) is 5.91 Å². The molecule has 0 aliphatic carbocycles. The number of carbonyl (C=O) groups excluding carboxylic acids is 1. The van der Waals surface area contributed by atoms with E-state index in [2.05, 4.69) is 5.32 Å². The second-order valence-electron chi connectivity index (χ2n) is 5.88. The van der Waals surface area contributed by atoms with Crippen LogP contribution in [0, 0.1) is 0 Å². The van der Waals surface area contributed by atoms with Gasteiger partial charge in [-0.25, -0.2) is 0 Å². The molecule has 0 radical (unpaired) electrons. The standard InChI is InChI=1S/C21H16N2O2S2/c24-20(14-23-17-11-5-7-13-19(17)27-21(23)25)22-16-10-4-6-12-18(16)26-15-8-2-1-3-9-15/h1-13H,14H2,(H,22,24). The zero-order chi connectivity index (χ0) is 18.6. The normalized spacial score (nSPS) is 10.8. The van der Waals surface area contributed by atoms with E-state index in [4.69, 9.17) is 0 Å². The molecule has 1 heterocycles. The molecule has 4 rings (SSSR count). The number of anilines is 1. The van der Waals surface area contributed by atoms with Crippen LogP contribution < -0.4 is 10.2 Å². The van der Waals surface area contributed by atoms with Crippen LogP contribution in [0.3, 0.4) is 0 Å². The van der Waals surface area contributed by atoms with Gasteiger partial charge in [0.1, 0.15) is 6.54 Å². The first-order chi connectivity index (χ1) is 13.2. The maximum Gasteiger partial charge on any atom is 0.308 e. The summed E-state index contributed by atoms with van der Waals surface area (Å²) in [4.78, 5) is 26.8. The quantitative estimate of drug-likeness (QED) is 0.528. The van der Waals surface area contributed by atoms with Crippen LogP contribution in [-0.2, 0) is 11.3 Å². The van der Waals surface area contributed by atoms with E-state index in [0.717, 1.165) is 37.0 Å². The number of hydrogen-bond donors (Lipinski definition) is 1. The van der Waals surface area contributed by atoms with Gasteiger partial charge in [-0.3, -0.25) is 14.2 Å². The first-order valence-corrected chi connectivity index (χ1v) is 10.0. The number of benzene rings is 3. The van der Waals surface area contributed by atoms with Crippen molar-refractivity contribution in [2.24, 2.45) is 0 Å². The van der Waals surface area contributed by atoms with E-state index in [0.29, 0.717) is 0 Å². The molecule has 0 bridgehead atoms. The van der Waals surface area contributed by atoms with Crippen molar-refractivity contribution in [1.29, 1.82) is 0 Å². The highest BCUT2D eigenvalue weighted by Gasteiger charge is 2.13. The molecule has 4 aromatic rings. The minimum atomic E-state index is -0.221. The van der Waals surface area contributed by atoms with E-state index >= 15 is 0 Å². The number of amides is 1. The molecule has 1 N–H and O–H groups in total. The molecule has 0 aliphatic heterocycles. The fourth-order valence-corrected chi connectivity index (χ4v) is 4.58. The van der Waals surface area contributed by atoms with Gasteiger partial charge in [0.25, 0.3) is 0 Å².